The average molecular weight is 298 g/mol. The molecule has 2 amide bonds. The molecule has 21 heavy (non-hydrogen) atoms. The van der Waals surface area contributed by atoms with E-state index in [0.717, 1.165) is 12.1 Å². The number of nitrogens with one attached hydrogen (secondary N) is 2. The van der Waals surface area contributed by atoms with Crippen LogP contribution in [-0.4, -0.2) is 42.6 Å². The summed E-state index contributed by atoms with van der Waals surface area (Å²) in [4.78, 5) is 33.5. The van der Waals surface area contributed by atoms with Crippen molar-refractivity contribution in [1.82, 2.24) is 5.32 Å². The predicted molar refractivity (Wildman–Crippen MR) is 71.5 cm³/mol. The van der Waals surface area contributed by atoms with Gasteiger partial charge in [0.2, 0.25) is 5.91 Å². The number of hydrogen-bond acceptors (Lipinski definition) is 4. The number of aliphatic carboxylic acids is 1. The van der Waals surface area contributed by atoms with Crippen molar-refractivity contribution >= 4 is 23.5 Å². The van der Waals surface area contributed by atoms with Crippen LogP contribution in [0.3, 0.4) is 0 Å². The van der Waals surface area contributed by atoms with Gasteiger partial charge in [0.1, 0.15) is 5.82 Å². The second-order valence-corrected chi connectivity index (χ2v) is 4.15. The topological polar surface area (TPSA) is 105 Å². The number of halogens is 1. The maximum atomic E-state index is 13.4. The molecule has 1 aromatic rings. The molecule has 0 fully saturated rings. The fourth-order valence-electron chi connectivity index (χ4n) is 1.51. The normalized spacial score (nSPS) is 11.6. The molecule has 0 aliphatic carbocycles. The van der Waals surface area contributed by atoms with E-state index in [9.17, 15) is 18.8 Å². The van der Waals surface area contributed by atoms with E-state index in [0.29, 0.717) is 0 Å². The monoisotopic (exact) mass is 298 g/mol. The second-order valence-electron chi connectivity index (χ2n) is 4.15. The van der Waals surface area contributed by atoms with Crippen LogP contribution in [0.1, 0.15) is 17.3 Å². The Kier molecular flexibility index (Phi) is 5.79. The van der Waals surface area contributed by atoms with Crippen LogP contribution in [0.25, 0.3) is 0 Å². The molecule has 1 rings (SSSR count). The van der Waals surface area contributed by atoms with Gasteiger partial charge in [0.15, 0.2) is 6.10 Å². The number of carbonyl (C=O) groups is 3. The minimum Gasteiger partial charge on any atom is -0.479 e. The maximum absolute atomic E-state index is 13.4. The molecule has 0 bridgehead atoms. The van der Waals surface area contributed by atoms with Gasteiger partial charge in [-0.15, -0.1) is 0 Å². The highest BCUT2D eigenvalue weighted by Gasteiger charge is 2.18. The van der Waals surface area contributed by atoms with Gasteiger partial charge in [0, 0.05) is 19.6 Å². The molecular formula is C13H15FN2O5. The summed E-state index contributed by atoms with van der Waals surface area (Å²) in [5.41, 5.74) is -0.0444. The Balaban J connectivity index is 2.78. The molecule has 1 aromatic carbocycles. The minimum atomic E-state index is -1.21. The summed E-state index contributed by atoms with van der Waals surface area (Å²) in [7, 11) is 1.21. The number of carbonyl (C=O) groups excluding carboxylic acids is 2. The molecule has 0 saturated carbocycles. The number of carboxylic acid groups (broad SMARTS) is 1. The fraction of sp³-hybridized carbons (Fsp3) is 0.308. The van der Waals surface area contributed by atoms with Crippen molar-refractivity contribution < 1.29 is 28.6 Å². The lowest BCUT2D eigenvalue weighted by Crippen LogP contribution is -2.37. The van der Waals surface area contributed by atoms with Crippen molar-refractivity contribution in [3.05, 3.63) is 29.6 Å². The summed E-state index contributed by atoms with van der Waals surface area (Å²) in [6, 6.07) is 3.42. The number of benzene rings is 1. The summed E-state index contributed by atoms with van der Waals surface area (Å²) in [5.74, 6) is -2.97. The number of carboxylic acids is 1. The first-order chi connectivity index (χ1) is 9.85. The molecule has 7 nitrogen and oxygen atoms in total. The minimum absolute atomic E-state index is 0.0837. The molecule has 0 aliphatic heterocycles. The average Bonchev–Trinajstić information content (AvgIpc) is 2.40. The van der Waals surface area contributed by atoms with Gasteiger partial charge in [0.25, 0.3) is 5.91 Å². The van der Waals surface area contributed by atoms with Crippen molar-refractivity contribution in [2.75, 3.05) is 19.0 Å². The lowest BCUT2D eigenvalue weighted by molar-refractivity contribution is -0.148. The summed E-state index contributed by atoms with van der Waals surface area (Å²) in [5, 5.41) is 13.4. The number of anilines is 1. The van der Waals surface area contributed by atoms with E-state index in [1.165, 1.54) is 20.1 Å². The summed E-state index contributed by atoms with van der Waals surface area (Å²) < 4.78 is 18.1. The van der Waals surface area contributed by atoms with E-state index in [4.69, 9.17) is 5.11 Å². The molecule has 0 spiro atoms. The third-order valence-corrected chi connectivity index (χ3v) is 2.55. The van der Waals surface area contributed by atoms with Gasteiger partial charge in [-0.05, 0) is 18.2 Å². The van der Waals surface area contributed by atoms with E-state index in [2.05, 4.69) is 15.4 Å². The highest BCUT2D eigenvalue weighted by molar-refractivity contribution is 5.97. The van der Waals surface area contributed by atoms with E-state index < -0.39 is 29.7 Å². The molecule has 1 atom stereocenters. The first-order valence-corrected chi connectivity index (χ1v) is 5.96. The number of rotatable bonds is 6. The van der Waals surface area contributed by atoms with Gasteiger partial charge in [-0.25, -0.2) is 9.18 Å². The third-order valence-electron chi connectivity index (χ3n) is 2.55. The molecule has 8 heteroatoms. The lowest BCUT2D eigenvalue weighted by atomic mass is 10.1. The smallest absolute Gasteiger partial charge is 0.334 e. The summed E-state index contributed by atoms with van der Waals surface area (Å²) in [6.07, 6.45) is -1.18. The van der Waals surface area contributed by atoms with Crippen LogP contribution in [0.4, 0.5) is 10.1 Å². The first kappa shape index (κ1) is 16.6. The Hall–Kier alpha value is -2.48. The zero-order chi connectivity index (χ0) is 16.0. The Labute approximate surface area is 120 Å². The summed E-state index contributed by atoms with van der Waals surface area (Å²) in [6.45, 7) is 0.972. The SMILES string of the molecule is COC(CNC(=O)c1ccc(F)c(NC(C)=O)c1)C(=O)O. The largest absolute Gasteiger partial charge is 0.479 e. The van der Waals surface area contributed by atoms with Gasteiger partial charge in [-0.3, -0.25) is 9.59 Å². The van der Waals surface area contributed by atoms with Gasteiger partial charge < -0.3 is 20.5 Å². The van der Waals surface area contributed by atoms with Crippen molar-refractivity contribution in [2.45, 2.75) is 13.0 Å². The van der Waals surface area contributed by atoms with Gasteiger partial charge in [0.05, 0.1) is 12.2 Å². The predicted octanol–water partition coefficient (Wildman–Crippen LogP) is 0.614. The van der Waals surface area contributed by atoms with Gasteiger partial charge >= 0.3 is 5.97 Å². The van der Waals surface area contributed by atoms with Crippen LogP contribution >= 0.6 is 0 Å². The lowest BCUT2D eigenvalue weighted by Gasteiger charge is -2.12. The molecule has 114 valence electrons. The van der Waals surface area contributed by atoms with Crippen LogP contribution in [0.2, 0.25) is 0 Å². The number of amides is 2. The van der Waals surface area contributed by atoms with Gasteiger partial charge in [-0.1, -0.05) is 0 Å². The molecule has 0 aliphatic rings. The quantitative estimate of drug-likeness (QED) is 0.714. The van der Waals surface area contributed by atoms with E-state index in [1.54, 1.807) is 0 Å². The van der Waals surface area contributed by atoms with Crippen LogP contribution in [0.5, 0.6) is 0 Å². The fourth-order valence-corrected chi connectivity index (χ4v) is 1.51. The summed E-state index contributed by atoms with van der Waals surface area (Å²) >= 11 is 0. The Morgan fingerprint density at radius 2 is 2.05 bits per heavy atom. The molecular weight excluding hydrogens is 283 g/mol. The highest BCUT2D eigenvalue weighted by atomic mass is 19.1. The Morgan fingerprint density at radius 1 is 1.38 bits per heavy atom. The number of hydrogen-bond donors (Lipinski definition) is 3. The van der Waals surface area contributed by atoms with E-state index in [1.807, 2.05) is 0 Å². The highest BCUT2D eigenvalue weighted by Crippen LogP contribution is 2.16. The van der Waals surface area contributed by atoms with Crippen molar-refractivity contribution in [3.63, 3.8) is 0 Å². The molecule has 1 unspecified atom stereocenters. The number of ether oxygens (including phenoxy) is 1. The zero-order valence-electron chi connectivity index (χ0n) is 11.5. The number of methoxy groups -OCH3 is 1. The van der Waals surface area contributed by atoms with Crippen LogP contribution in [-0.2, 0) is 14.3 Å². The van der Waals surface area contributed by atoms with Crippen molar-refractivity contribution in [1.29, 1.82) is 0 Å². The first-order valence-electron chi connectivity index (χ1n) is 5.96. The van der Waals surface area contributed by atoms with Crippen LogP contribution in [0, 0.1) is 5.82 Å². The van der Waals surface area contributed by atoms with Gasteiger partial charge in [-0.2, -0.15) is 0 Å². The maximum Gasteiger partial charge on any atom is 0.334 e. The molecule has 0 aromatic heterocycles. The van der Waals surface area contributed by atoms with Crippen molar-refractivity contribution in [2.24, 2.45) is 0 Å². The Morgan fingerprint density at radius 3 is 2.57 bits per heavy atom. The molecule has 0 heterocycles. The molecule has 3 N–H and O–H groups in total. The zero-order valence-corrected chi connectivity index (χ0v) is 11.5. The van der Waals surface area contributed by atoms with Crippen LogP contribution in [0.15, 0.2) is 18.2 Å². The van der Waals surface area contributed by atoms with E-state index >= 15 is 0 Å². The van der Waals surface area contributed by atoms with Crippen LogP contribution < -0.4 is 10.6 Å². The van der Waals surface area contributed by atoms with Crippen molar-refractivity contribution in [3.8, 4) is 0 Å². The Bertz CT molecular complexity index is 561. The molecule has 0 saturated heterocycles. The second kappa shape index (κ2) is 7.34. The third kappa shape index (κ3) is 4.84. The molecule has 0 radical (unpaired) electrons. The van der Waals surface area contributed by atoms with E-state index in [-0.39, 0.29) is 17.8 Å². The standard InChI is InChI=1S/C13H15FN2O5/c1-7(17)16-10-5-8(3-4-9(10)14)12(18)15-6-11(21-2)13(19)20/h3-5,11H,6H2,1-2H3,(H,15,18)(H,16,17)(H,19,20).